The number of aromatic nitrogens is 2. The number of nitrogens with one attached hydrogen (secondary N) is 2. The minimum atomic E-state index is -0.672. The molecule has 0 saturated carbocycles. The highest BCUT2D eigenvalue weighted by atomic mass is 16.5. The lowest BCUT2D eigenvalue weighted by atomic mass is 10.1. The molecule has 0 spiro atoms. The summed E-state index contributed by atoms with van der Waals surface area (Å²) < 4.78 is 4.63. The zero-order valence-electron chi connectivity index (χ0n) is 25.5. The number of ether oxygens (including phenoxy) is 1. The number of terminal acetylenes is 1. The molecule has 1 fully saturated rings. The highest BCUT2D eigenvalue weighted by Gasteiger charge is 2.18. The summed E-state index contributed by atoms with van der Waals surface area (Å²) in [7, 11) is 3.43. The van der Waals surface area contributed by atoms with E-state index in [1.807, 2.05) is 20.8 Å². The number of aliphatic imine (C=N–C) groups is 1. The second-order valence-corrected chi connectivity index (χ2v) is 8.37. The molecule has 3 rings (SSSR count). The minimum Gasteiger partial charge on any atom is -0.464 e. The molecule has 4 N–H and O–H groups in total. The first kappa shape index (κ1) is 38.4. The van der Waals surface area contributed by atoms with Crippen molar-refractivity contribution in [1.82, 2.24) is 25.7 Å². The Hall–Kier alpha value is -3.74. The van der Waals surface area contributed by atoms with Gasteiger partial charge in [0.25, 0.3) is 0 Å². The predicted molar refractivity (Wildman–Crippen MR) is 171 cm³/mol. The van der Waals surface area contributed by atoms with Gasteiger partial charge in [0.05, 0.1) is 7.11 Å². The van der Waals surface area contributed by atoms with E-state index in [2.05, 4.69) is 93.7 Å². The van der Waals surface area contributed by atoms with Crippen molar-refractivity contribution in [1.29, 1.82) is 0 Å². The number of rotatable bonds is 6. The van der Waals surface area contributed by atoms with Gasteiger partial charge in [-0.1, -0.05) is 64.2 Å². The van der Waals surface area contributed by atoms with Crippen molar-refractivity contribution in [3.8, 4) is 12.8 Å². The molecule has 0 unspecified atom stereocenters. The predicted octanol–water partition coefficient (Wildman–Crippen LogP) is 5.87. The second-order valence-electron chi connectivity index (χ2n) is 8.37. The number of anilines is 1. The van der Waals surface area contributed by atoms with E-state index in [4.69, 9.17) is 5.73 Å². The maximum absolute atomic E-state index is 11.7. The zero-order valence-corrected chi connectivity index (χ0v) is 25.5. The standard InChI is InChI=1S/C13H18N6O2.C8H12.C6H13N.C2H6.C2H2/c1-5-8-16-11(13(20)21-4)10(14)12(17-8)18-9(6-2)19-15-7-3;1-8-6-4-2-3-5-7-8;1-7-5-3-2-4-6-7;2*1-2/h5-6,15H,1-2,7,14H2,3-4H3,(H,16,17,18,19);4,6-7H,2-3,5H2,1H3;2-6H2,1H3;1-2H3;1-2H. The molecule has 1 saturated heterocycles. The van der Waals surface area contributed by atoms with Gasteiger partial charge in [-0.15, -0.1) is 12.8 Å². The van der Waals surface area contributed by atoms with Crippen LogP contribution in [-0.2, 0) is 4.74 Å². The number of amidine groups is 1. The van der Waals surface area contributed by atoms with Crippen LogP contribution >= 0.6 is 0 Å². The van der Waals surface area contributed by atoms with E-state index in [-0.39, 0.29) is 23.0 Å². The SMILES string of the molecule is C#C.C=CC(=Nc1nc(C=C)nc(C(=O)OC)c1N)NNCC.CC.CC1=CCCCC=C1.CN1CCCCC1. The number of piperidine rings is 1. The molecule has 0 bridgehead atoms. The lowest BCUT2D eigenvalue weighted by Gasteiger charge is -2.20. The van der Waals surface area contributed by atoms with Crippen LogP contribution in [0.3, 0.4) is 0 Å². The fourth-order valence-electron chi connectivity index (χ4n) is 3.28. The van der Waals surface area contributed by atoms with Crippen LogP contribution in [0.15, 0.2) is 48.0 Å². The minimum absolute atomic E-state index is 0.0186. The van der Waals surface area contributed by atoms with Gasteiger partial charge >= 0.3 is 5.97 Å². The summed E-state index contributed by atoms with van der Waals surface area (Å²) in [5.41, 5.74) is 12.9. The first-order valence-electron chi connectivity index (χ1n) is 13.8. The van der Waals surface area contributed by atoms with Crippen LogP contribution < -0.4 is 16.6 Å². The molecule has 222 valence electrons. The average Bonchev–Trinajstić information content (AvgIpc) is 3.26. The Morgan fingerprint density at radius 1 is 1.18 bits per heavy atom. The summed E-state index contributed by atoms with van der Waals surface area (Å²) in [5, 5.41) is 0. The number of allylic oxidation sites excluding steroid dienone is 4. The molecule has 2 aliphatic rings. The molecule has 1 aliphatic carbocycles. The van der Waals surface area contributed by atoms with Crippen molar-refractivity contribution in [3.05, 3.63) is 54.6 Å². The van der Waals surface area contributed by atoms with Crippen molar-refractivity contribution >= 4 is 29.4 Å². The monoisotopic (exact) mass is 553 g/mol. The fraction of sp³-hybridized carbons (Fsp3) is 0.484. The van der Waals surface area contributed by atoms with Gasteiger partial charge in [0.1, 0.15) is 11.5 Å². The van der Waals surface area contributed by atoms with Crippen LogP contribution in [0.1, 0.15) is 82.5 Å². The van der Waals surface area contributed by atoms with E-state index in [0.29, 0.717) is 12.4 Å². The van der Waals surface area contributed by atoms with Crippen LogP contribution in [0, 0.1) is 12.8 Å². The number of nitrogens with zero attached hydrogens (tertiary/aromatic N) is 4. The van der Waals surface area contributed by atoms with E-state index in [1.165, 1.54) is 76.4 Å². The maximum atomic E-state index is 11.7. The van der Waals surface area contributed by atoms with Crippen LogP contribution in [0.2, 0.25) is 0 Å². The zero-order chi connectivity index (χ0) is 30.8. The van der Waals surface area contributed by atoms with E-state index in [9.17, 15) is 4.79 Å². The number of nitrogen functional groups attached to an aromatic ring is 1. The number of methoxy groups -OCH3 is 1. The lowest BCUT2D eigenvalue weighted by molar-refractivity contribution is 0.0595. The summed E-state index contributed by atoms with van der Waals surface area (Å²) in [6.07, 6.45) is 25.7. The van der Waals surface area contributed by atoms with Crippen LogP contribution in [0.25, 0.3) is 6.08 Å². The van der Waals surface area contributed by atoms with Crippen molar-refractivity contribution in [2.45, 2.75) is 66.2 Å². The normalized spacial score (nSPS) is 14.3. The van der Waals surface area contributed by atoms with E-state index in [0.717, 1.165) is 0 Å². The van der Waals surface area contributed by atoms with Crippen molar-refractivity contribution in [2.75, 3.05) is 39.5 Å². The van der Waals surface area contributed by atoms with Crippen molar-refractivity contribution < 1.29 is 9.53 Å². The Morgan fingerprint density at radius 3 is 2.33 bits per heavy atom. The van der Waals surface area contributed by atoms with Gasteiger partial charge in [-0.2, -0.15) is 0 Å². The first-order valence-corrected chi connectivity index (χ1v) is 13.8. The van der Waals surface area contributed by atoms with Crippen molar-refractivity contribution in [2.24, 2.45) is 4.99 Å². The number of carbonyl (C=O) groups is 1. The fourth-order valence-corrected chi connectivity index (χ4v) is 3.28. The Labute approximate surface area is 242 Å². The Balaban J connectivity index is 0. The van der Waals surface area contributed by atoms with Gasteiger partial charge in [0.15, 0.2) is 17.3 Å². The van der Waals surface area contributed by atoms with Gasteiger partial charge in [0.2, 0.25) is 0 Å². The van der Waals surface area contributed by atoms with Gasteiger partial charge in [-0.05, 0) is 71.3 Å². The summed E-state index contributed by atoms with van der Waals surface area (Å²) in [6, 6.07) is 0. The average molecular weight is 554 g/mol. The van der Waals surface area contributed by atoms with Gasteiger partial charge in [-0.3, -0.25) is 0 Å². The molecule has 9 nitrogen and oxygen atoms in total. The summed E-state index contributed by atoms with van der Waals surface area (Å²) >= 11 is 0. The number of carbonyl (C=O) groups excluding carboxylic acids is 1. The molecule has 0 amide bonds. The molecule has 1 aromatic heterocycles. The highest BCUT2D eigenvalue weighted by molar-refractivity contribution is 5.98. The molecule has 1 aromatic rings. The third-order valence-electron chi connectivity index (χ3n) is 5.32. The Kier molecular flexibility index (Phi) is 24.5. The molecule has 0 atom stereocenters. The van der Waals surface area contributed by atoms with E-state index < -0.39 is 5.97 Å². The van der Waals surface area contributed by atoms with Crippen LogP contribution in [-0.4, -0.2) is 60.5 Å². The largest absolute Gasteiger partial charge is 0.464 e. The molecule has 1 aliphatic heterocycles. The van der Waals surface area contributed by atoms with Gasteiger partial charge in [-0.25, -0.2) is 25.2 Å². The van der Waals surface area contributed by atoms with Crippen LogP contribution in [0.5, 0.6) is 0 Å². The molecular formula is C31H51N7O2. The smallest absolute Gasteiger partial charge is 0.359 e. The van der Waals surface area contributed by atoms with E-state index >= 15 is 0 Å². The summed E-state index contributed by atoms with van der Waals surface area (Å²) in [6.45, 7) is 18.6. The number of nitrogens with two attached hydrogens (primary N) is 1. The number of esters is 1. The third-order valence-corrected chi connectivity index (χ3v) is 5.32. The number of hydrogen-bond acceptors (Lipinski definition) is 8. The van der Waals surface area contributed by atoms with Crippen LogP contribution in [0.4, 0.5) is 11.5 Å². The first-order chi connectivity index (χ1) is 19.4. The molecule has 0 radical (unpaired) electrons. The number of likely N-dealkylation sites (tertiary alicyclic amines) is 1. The summed E-state index contributed by atoms with van der Waals surface area (Å²) in [4.78, 5) is 26.3. The topological polar surface area (TPSA) is 118 Å². The Bertz CT molecular complexity index is 975. The molecular weight excluding hydrogens is 502 g/mol. The Morgan fingerprint density at radius 2 is 1.82 bits per heavy atom. The van der Waals surface area contributed by atoms with Gasteiger partial charge < -0.3 is 20.8 Å². The molecule has 9 heteroatoms. The van der Waals surface area contributed by atoms with Crippen molar-refractivity contribution in [3.63, 3.8) is 0 Å². The maximum Gasteiger partial charge on any atom is 0.359 e. The quantitative estimate of drug-likeness (QED) is 0.132. The summed E-state index contributed by atoms with van der Waals surface area (Å²) in [5.74, 6) is 0.0677. The molecule has 2 heterocycles. The highest BCUT2D eigenvalue weighted by Crippen LogP contribution is 2.23. The number of hydrogen-bond donors (Lipinski definition) is 3. The molecule has 0 aromatic carbocycles. The number of hydrazine groups is 1. The molecule has 40 heavy (non-hydrogen) atoms. The van der Waals surface area contributed by atoms with Gasteiger partial charge in [0, 0.05) is 6.54 Å². The van der Waals surface area contributed by atoms with E-state index in [1.54, 1.807) is 0 Å². The lowest BCUT2D eigenvalue weighted by Crippen LogP contribution is -2.35. The second kappa shape index (κ2) is 25.5. The third kappa shape index (κ3) is 17.0.